The van der Waals surface area contributed by atoms with Gasteiger partial charge in [-0.15, -0.1) is 0 Å². The first-order chi connectivity index (χ1) is 17.8. The molecule has 0 atom stereocenters. The van der Waals surface area contributed by atoms with E-state index in [9.17, 15) is 19.2 Å². The van der Waals surface area contributed by atoms with Gasteiger partial charge in [0.05, 0.1) is 0 Å². The highest BCUT2D eigenvalue weighted by atomic mass is 16.2. The summed E-state index contributed by atoms with van der Waals surface area (Å²) < 4.78 is 0. The lowest BCUT2D eigenvalue weighted by Crippen LogP contribution is -2.51. The number of amides is 5. The summed E-state index contributed by atoms with van der Waals surface area (Å²) in [6.45, 7) is 11.2. The van der Waals surface area contributed by atoms with Gasteiger partial charge < -0.3 is 11.1 Å². The summed E-state index contributed by atoms with van der Waals surface area (Å²) in [5, 5.41) is 3.00. The second-order valence-corrected chi connectivity index (χ2v) is 11.3. The van der Waals surface area contributed by atoms with Crippen LogP contribution in [0.4, 0.5) is 16.2 Å². The lowest BCUT2D eigenvalue weighted by molar-refractivity contribution is -0.134. The van der Waals surface area contributed by atoms with Crippen LogP contribution >= 0.6 is 0 Å². The third kappa shape index (κ3) is 6.06. The van der Waals surface area contributed by atoms with Gasteiger partial charge in [0.15, 0.2) is 0 Å². The number of imide groups is 1. The Hall–Kier alpha value is -3.68. The van der Waals surface area contributed by atoms with Gasteiger partial charge in [-0.05, 0) is 55.4 Å². The Balaban J connectivity index is 0.000000934. The molecule has 4 rings (SSSR count). The molecule has 38 heavy (non-hydrogen) atoms. The standard InChI is InChI=1S/C28H35N3O3.C2H5NO/c1-19-12-14-21(15-13-19)31-26(34)30(25(33)28(31)16-7-6-8-17-28)18-23(32)29-24-20(2)10-9-11-22(24)27(3,4)5;1-2(3)4/h9-15H,6-8,16-18H2,1-5H3,(H,29,32);1H3,(H2,3,4). The van der Waals surface area contributed by atoms with Crippen molar-refractivity contribution in [3.05, 3.63) is 59.2 Å². The number of nitrogens with zero attached hydrogens (tertiary/aromatic N) is 2. The minimum absolute atomic E-state index is 0.164. The molecule has 2 aromatic rings. The molecule has 0 aromatic heterocycles. The monoisotopic (exact) mass is 520 g/mol. The smallest absolute Gasteiger partial charge is 0.332 e. The Morgan fingerprint density at radius 1 is 0.974 bits per heavy atom. The van der Waals surface area contributed by atoms with Crippen molar-refractivity contribution in [1.29, 1.82) is 0 Å². The van der Waals surface area contributed by atoms with E-state index in [1.807, 2.05) is 56.3 Å². The number of nitrogens with two attached hydrogens (primary N) is 1. The van der Waals surface area contributed by atoms with Gasteiger partial charge in [0.2, 0.25) is 11.8 Å². The van der Waals surface area contributed by atoms with Gasteiger partial charge in [0.1, 0.15) is 12.1 Å². The Morgan fingerprint density at radius 3 is 2.11 bits per heavy atom. The second kappa shape index (κ2) is 11.4. The molecule has 1 spiro atoms. The maximum atomic E-state index is 13.7. The summed E-state index contributed by atoms with van der Waals surface area (Å²) >= 11 is 0. The van der Waals surface area contributed by atoms with Crippen molar-refractivity contribution in [3.8, 4) is 0 Å². The van der Waals surface area contributed by atoms with Crippen molar-refractivity contribution < 1.29 is 19.2 Å². The zero-order chi connectivity index (χ0) is 28.3. The number of aryl methyl sites for hydroxylation is 2. The number of carbonyl (C=O) groups is 4. The molecule has 1 saturated heterocycles. The quantitative estimate of drug-likeness (QED) is 0.539. The van der Waals surface area contributed by atoms with E-state index in [1.165, 1.54) is 6.92 Å². The summed E-state index contributed by atoms with van der Waals surface area (Å²) in [4.78, 5) is 52.5. The van der Waals surface area contributed by atoms with E-state index < -0.39 is 11.6 Å². The summed E-state index contributed by atoms with van der Waals surface area (Å²) in [5.74, 6) is -0.952. The zero-order valence-corrected chi connectivity index (χ0v) is 23.4. The van der Waals surface area contributed by atoms with E-state index in [4.69, 9.17) is 0 Å². The number of hydrogen-bond acceptors (Lipinski definition) is 4. The first-order valence-electron chi connectivity index (χ1n) is 13.2. The number of rotatable bonds is 4. The van der Waals surface area contributed by atoms with Gasteiger partial charge in [-0.1, -0.05) is 75.9 Å². The number of carbonyl (C=O) groups excluding carboxylic acids is 4. The van der Waals surface area contributed by atoms with Crippen LogP contribution in [0.25, 0.3) is 0 Å². The van der Waals surface area contributed by atoms with E-state index in [2.05, 4.69) is 31.8 Å². The van der Waals surface area contributed by atoms with Crippen LogP contribution in [0.1, 0.15) is 76.5 Å². The van der Waals surface area contributed by atoms with Crippen LogP contribution in [-0.2, 0) is 19.8 Å². The van der Waals surface area contributed by atoms with Gasteiger partial charge >= 0.3 is 6.03 Å². The molecular weight excluding hydrogens is 480 g/mol. The normalized spacial score (nSPS) is 16.8. The Morgan fingerprint density at radius 2 is 1.55 bits per heavy atom. The summed E-state index contributed by atoms with van der Waals surface area (Å²) in [5.41, 5.74) is 7.93. The molecule has 5 amide bonds. The highest BCUT2D eigenvalue weighted by Gasteiger charge is 2.58. The minimum Gasteiger partial charge on any atom is -0.370 e. The number of primary amides is 1. The maximum absolute atomic E-state index is 13.7. The number of anilines is 2. The molecular formula is C30H40N4O4. The molecule has 8 nitrogen and oxygen atoms in total. The van der Waals surface area contributed by atoms with Gasteiger partial charge in [0.25, 0.3) is 5.91 Å². The van der Waals surface area contributed by atoms with Crippen LogP contribution in [0.5, 0.6) is 0 Å². The lowest BCUT2D eigenvalue weighted by Gasteiger charge is -2.38. The van der Waals surface area contributed by atoms with Crippen LogP contribution in [0.3, 0.4) is 0 Å². The summed E-state index contributed by atoms with van der Waals surface area (Å²) in [6.07, 6.45) is 4.07. The molecule has 0 radical (unpaired) electrons. The average Bonchev–Trinajstić information content (AvgIpc) is 3.01. The molecule has 2 fully saturated rings. The molecule has 8 heteroatoms. The van der Waals surface area contributed by atoms with E-state index in [0.29, 0.717) is 18.5 Å². The molecule has 1 heterocycles. The van der Waals surface area contributed by atoms with Crippen molar-refractivity contribution in [2.75, 3.05) is 16.8 Å². The SMILES string of the molecule is CC(N)=O.Cc1ccc(N2C(=O)N(CC(=O)Nc3c(C)cccc3C(C)(C)C)C(=O)C23CCCCC3)cc1. The third-order valence-electron chi connectivity index (χ3n) is 7.11. The molecule has 204 valence electrons. The first kappa shape index (κ1) is 28.9. The Labute approximate surface area is 225 Å². The van der Waals surface area contributed by atoms with Gasteiger partial charge in [0, 0.05) is 18.3 Å². The molecule has 0 unspecified atom stereocenters. The fourth-order valence-electron chi connectivity index (χ4n) is 5.28. The molecule has 2 aliphatic rings. The minimum atomic E-state index is -0.899. The fraction of sp³-hybridized carbons (Fsp3) is 0.467. The second-order valence-electron chi connectivity index (χ2n) is 11.3. The lowest BCUT2D eigenvalue weighted by atomic mass is 9.80. The van der Waals surface area contributed by atoms with Crippen LogP contribution < -0.4 is 16.0 Å². The van der Waals surface area contributed by atoms with E-state index >= 15 is 0 Å². The van der Waals surface area contributed by atoms with E-state index in [-0.39, 0.29) is 29.7 Å². The van der Waals surface area contributed by atoms with Crippen LogP contribution in [-0.4, -0.2) is 40.7 Å². The summed E-state index contributed by atoms with van der Waals surface area (Å²) in [7, 11) is 0. The molecule has 2 aromatic carbocycles. The van der Waals surface area contributed by atoms with Crippen molar-refractivity contribution in [2.24, 2.45) is 5.73 Å². The van der Waals surface area contributed by atoms with Crippen molar-refractivity contribution in [3.63, 3.8) is 0 Å². The van der Waals surface area contributed by atoms with Gasteiger partial charge in [-0.25, -0.2) is 4.79 Å². The zero-order valence-electron chi connectivity index (χ0n) is 23.4. The fourth-order valence-corrected chi connectivity index (χ4v) is 5.28. The molecule has 1 aliphatic carbocycles. The van der Waals surface area contributed by atoms with Crippen molar-refractivity contribution in [2.45, 2.75) is 84.6 Å². The average molecular weight is 521 g/mol. The molecule has 1 aliphatic heterocycles. The predicted molar refractivity (Wildman–Crippen MR) is 150 cm³/mol. The number of para-hydroxylation sites is 1. The largest absolute Gasteiger partial charge is 0.370 e. The number of benzene rings is 2. The van der Waals surface area contributed by atoms with E-state index in [1.54, 1.807) is 4.90 Å². The molecule has 1 saturated carbocycles. The van der Waals surface area contributed by atoms with Gasteiger partial charge in [-0.2, -0.15) is 0 Å². The highest BCUT2D eigenvalue weighted by Crippen LogP contribution is 2.43. The van der Waals surface area contributed by atoms with Crippen LogP contribution in [0.15, 0.2) is 42.5 Å². The third-order valence-corrected chi connectivity index (χ3v) is 7.11. The predicted octanol–water partition coefficient (Wildman–Crippen LogP) is 5.20. The van der Waals surface area contributed by atoms with Crippen LogP contribution in [0, 0.1) is 13.8 Å². The maximum Gasteiger partial charge on any atom is 0.332 e. The number of urea groups is 1. The van der Waals surface area contributed by atoms with Crippen molar-refractivity contribution in [1.82, 2.24) is 4.90 Å². The Kier molecular flexibility index (Phi) is 8.65. The van der Waals surface area contributed by atoms with E-state index in [0.717, 1.165) is 46.5 Å². The van der Waals surface area contributed by atoms with Crippen LogP contribution in [0.2, 0.25) is 0 Å². The topological polar surface area (TPSA) is 113 Å². The summed E-state index contributed by atoms with van der Waals surface area (Å²) in [6, 6.07) is 13.2. The highest BCUT2D eigenvalue weighted by molar-refractivity contribution is 6.18. The van der Waals surface area contributed by atoms with Crippen molar-refractivity contribution >= 4 is 35.1 Å². The first-order valence-corrected chi connectivity index (χ1v) is 13.2. The van der Waals surface area contributed by atoms with Gasteiger partial charge in [-0.3, -0.25) is 24.2 Å². The number of nitrogens with one attached hydrogen (secondary N) is 1. The Bertz CT molecular complexity index is 1200. The molecule has 3 N–H and O–H groups in total. The molecule has 0 bridgehead atoms. The number of hydrogen-bond donors (Lipinski definition) is 2.